The molecule has 2 rings (SSSR count). The molecule has 19 heavy (non-hydrogen) atoms. The summed E-state index contributed by atoms with van der Waals surface area (Å²) in [6.07, 6.45) is 0.994. The van der Waals surface area contributed by atoms with Gasteiger partial charge in [-0.25, -0.2) is 0 Å². The predicted molar refractivity (Wildman–Crippen MR) is 79.8 cm³/mol. The summed E-state index contributed by atoms with van der Waals surface area (Å²) in [5, 5.41) is 2.88. The highest BCUT2D eigenvalue weighted by Gasteiger charge is 2.05. The lowest BCUT2D eigenvalue weighted by atomic mass is 10.1. The zero-order valence-electron chi connectivity index (χ0n) is 10.8. The Morgan fingerprint density at radius 2 is 1.58 bits per heavy atom. The first-order valence-corrected chi connectivity index (χ1v) is 6.81. The fourth-order valence-electron chi connectivity index (χ4n) is 1.77. The standard InChI is InChI=1S/C16H16ClNO/c1-2-12-5-9-15(10-6-12)18-16(19)14-7-3-13(11-17)4-8-14/h3-10H,2,11H2,1H3,(H,18,19). The van der Waals surface area contributed by atoms with Gasteiger partial charge in [0.15, 0.2) is 0 Å². The van der Waals surface area contributed by atoms with Gasteiger partial charge in [-0.2, -0.15) is 0 Å². The maximum atomic E-state index is 12.0. The van der Waals surface area contributed by atoms with Crippen molar-refractivity contribution in [2.75, 3.05) is 5.32 Å². The number of hydrogen-bond donors (Lipinski definition) is 1. The number of rotatable bonds is 4. The van der Waals surface area contributed by atoms with Crippen LogP contribution in [0, 0.1) is 0 Å². The number of aryl methyl sites for hydroxylation is 1. The van der Waals surface area contributed by atoms with Crippen LogP contribution in [0.5, 0.6) is 0 Å². The summed E-state index contributed by atoms with van der Waals surface area (Å²) < 4.78 is 0. The molecule has 0 fully saturated rings. The molecule has 0 aliphatic rings. The van der Waals surface area contributed by atoms with Gasteiger partial charge in [-0.05, 0) is 41.8 Å². The topological polar surface area (TPSA) is 29.1 Å². The Labute approximate surface area is 118 Å². The molecule has 0 saturated heterocycles. The molecule has 0 spiro atoms. The molecular weight excluding hydrogens is 258 g/mol. The average Bonchev–Trinajstić information content (AvgIpc) is 2.48. The second-order valence-electron chi connectivity index (χ2n) is 4.34. The summed E-state index contributed by atoms with van der Waals surface area (Å²) in [4.78, 5) is 12.0. The number of benzene rings is 2. The van der Waals surface area contributed by atoms with Crippen molar-refractivity contribution < 1.29 is 4.79 Å². The van der Waals surface area contributed by atoms with Gasteiger partial charge in [-0.1, -0.05) is 31.2 Å². The molecule has 3 heteroatoms. The zero-order valence-corrected chi connectivity index (χ0v) is 11.6. The van der Waals surface area contributed by atoms with Gasteiger partial charge in [0.05, 0.1) is 0 Å². The van der Waals surface area contributed by atoms with Crippen LogP contribution in [-0.4, -0.2) is 5.91 Å². The van der Waals surface area contributed by atoms with Gasteiger partial charge in [-0.3, -0.25) is 4.79 Å². The van der Waals surface area contributed by atoms with E-state index in [4.69, 9.17) is 11.6 Å². The van der Waals surface area contributed by atoms with Crippen LogP contribution in [0.2, 0.25) is 0 Å². The molecule has 0 saturated carbocycles. The summed E-state index contributed by atoms with van der Waals surface area (Å²) in [5.41, 5.74) is 3.70. The highest BCUT2D eigenvalue weighted by Crippen LogP contribution is 2.13. The summed E-state index contributed by atoms with van der Waals surface area (Å²) >= 11 is 5.72. The van der Waals surface area contributed by atoms with E-state index in [2.05, 4.69) is 12.2 Å². The largest absolute Gasteiger partial charge is 0.322 e. The third-order valence-corrected chi connectivity index (χ3v) is 3.30. The van der Waals surface area contributed by atoms with Crippen molar-refractivity contribution in [3.8, 4) is 0 Å². The molecule has 0 atom stereocenters. The van der Waals surface area contributed by atoms with Gasteiger partial charge in [-0.15, -0.1) is 11.6 Å². The lowest BCUT2D eigenvalue weighted by Gasteiger charge is -2.06. The Balaban J connectivity index is 2.06. The number of carbonyl (C=O) groups is 1. The average molecular weight is 274 g/mol. The molecule has 0 radical (unpaired) electrons. The smallest absolute Gasteiger partial charge is 0.255 e. The van der Waals surface area contributed by atoms with Crippen molar-refractivity contribution in [3.05, 3.63) is 65.2 Å². The third kappa shape index (κ3) is 3.58. The molecule has 2 aromatic carbocycles. The minimum absolute atomic E-state index is 0.106. The number of hydrogen-bond acceptors (Lipinski definition) is 1. The Bertz CT molecular complexity index is 546. The van der Waals surface area contributed by atoms with E-state index in [0.717, 1.165) is 17.7 Å². The van der Waals surface area contributed by atoms with Crippen LogP contribution < -0.4 is 5.32 Å². The fraction of sp³-hybridized carbons (Fsp3) is 0.188. The lowest BCUT2D eigenvalue weighted by molar-refractivity contribution is 0.102. The van der Waals surface area contributed by atoms with E-state index in [9.17, 15) is 4.79 Å². The summed E-state index contributed by atoms with van der Waals surface area (Å²) in [5.74, 6) is 0.353. The van der Waals surface area contributed by atoms with Crippen molar-refractivity contribution in [1.29, 1.82) is 0 Å². The van der Waals surface area contributed by atoms with Gasteiger partial charge in [0.25, 0.3) is 5.91 Å². The number of alkyl halides is 1. The number of halogens is 1. The van der Waals surface area contributed by atoms with Crippen LogP contribution in [0.3, 0.4) is 0 Å². The Kier molecular flexibility index (Phi) is 4.58. The van der Waals surface area contributed by atoms with Crippen LogP contribution in [-0.2, 0) is 12.3 Å². The summed E-state index contributed by atoms with van der Waals surface area (Å²) in [6.45, 7) is 2.10. The first kappa shape index (κ1) is 13.6. The molecule has 98 valence electrons. The van der Waals surface area contributed by atoms with E-state index in [0.29, 0.717) is 11.4 Å². The second-order valence-corrected chi connectivity index (χ2v) is 4.60. The number of anilines is 1. The Morgan fingerprint density at radius 3 is 2.11 bits per heavy atom. The molecular formula is C16H16ClNO. The first-order chi connectivity index (χ1) is 9.22. The Morgan fingerprint density at radius 1 is 1.00 bits per heavy atom. The molecule has 0 unspecified atom stereocenters. The van der Waals surface area contributed by atoms with Crippen LogP contribution in [0.4, 0.5) is 5.69 Å². The van der Waals surface area contributed by atoms with Gasteiger partial charge < -0.3 is 5.32 Å². The summed E-state index contributed by atoms with van der Waals surface area (Å²) in [7, 11) is 0. The number of nitrogens with one attached hydrogen (secondary N) is 1. The van der Waals surface area contributed by atoms with E-state index in [-0.39, 0.29) is 5.91 Å². The Hall–Kier alpha value is -1.80. The lowest BCUT2D eigenvalue weighted by Crippen LogP contribution is -2.11. The molecule has 0 aliphatic heterocycles. The van der Waals surface area contributed by atoms with E-state index in [1.165, 1.54) is 5.56 Å². The molecule has 1 N–H and O–H groups in total. The van der Waals surface area contributed by atoms with Gasteiger partial charge in [0.2, 0.25) is 0 Å². The number of amides is 1. The third-order valence-electron chi connectivity index (χ3n) is 2.99. The quantitative estimate of drug-likeness (QED) is 0.830. The maximum Gasteiger partial charge on any atom is 0.255 e. The van der Waals surface area contributed by atoms with Crippen molar-refractivity contribution in [3.63, 3.8) is 0 Å². The predicted octanol–water partition coefficient (Wildman–Crippen LogP) is 4.24. The van der Waals surface area contributed by atoms with Crippen molar-refractivity contribution >= 4 is 23.2 Å². The van der Waals surface area contributed by atoms with E-state index >= 15 is 0 Å². The normalized spacial score (nSPS) is 10.2. The highest BCUT2D eigenvalue weighted by molar-refractivity contribution is 6.17. The van der Waals surface area contributed by atoms with Crippen molar-refractivity contribution in [1.82, 2.24) is 0 Å². The van der Waals surface area contributed by atoms with Crippen LogP contribution in [0.1, 0.15) is 28.4 Å². The van der Waals surface area contributed by atoms with Crippen LogP contribution in [0.15, 0.2) is 48.5 Å². The minimum atomic E-state index is -0.106. The van der Waals surface area contributed by atoms with Crippen LogP contribution in [0.25, 0.3) is 0 Å². The first-order valence-electron chi connectivity index (χ1n) is 6.28. The molecule has 1 amide bonds. The molecule has 2 nitrogen and oxygen atoms in total. The molecule has 0 aromatic heterocycles. The van der Waals surface area contributed by atoms with E-state index < -0.39 is 0 Å². The molecule has 0 bridgehead atoms. The SMILES string of the molecule is CCc1ccc(NC(=O)c2ccc(CCl)cc2)cc1. The molecule has 0 aliphatic carbocycles. The summed E-state index contributed by atoms with van der Waals surface area (Å²) in [6, 6.07) is 15.2. The molecule has 2 aromatic rings. The van der Waals surface area contributed by atoms with Crippen molar-refractivity contribution in [2.24, 2.45) is 0 Å². The number of carbonyl (C=O) groups excluding carboxylic acids is 1. The molecule has 0 heterocycles. The fourth-order valence-corrected chi connectivity index (χ4v) is 1.95. The maximum absolute atomic E-state index is 12.0. The van der Waals surface area contributed by atoms with E-state index in [1.54, 1.807) is 12.1 Å². The van der Waals surface area contributed by atoms with Gasteiger partial charge >= 0.3 is 0 Å². The van der Waals surface area contributed by atoms with E-state index in [1.807, 2.05) is 36.4 Å². The van der Waals surface area contributed by atoms with Gasteiger partial charge in [0, 0.05) is 17.1 Å². The highest BCUT2D eigenvalue weighted by atomic mass is 35.5. The van der Waals surface area contributed by atoms with Gasteiger partial charge in [0.1, 0.15) is 0 Å². The van der Waals surface area contributed by atoms with Crippen LogP contribution >= 0.6 is 11.6 Å². The zero-order chi connectivity index (χ0) is 13.7. The van der Waals surface area contributed by atoms with Crippen molar-refractivity contribution in [2.45, 2.75) is 19.2 Å². The monoisotopic (exact) mass is 273 g/mol. The second kappa shape index (κ2) is 6.39. The minimum Gasteiger partial charge on any atom is -0.322 e.